The number of hydrogen-bond acceptors (Lipinski definition) is 3. The molecule has 1 unspecified atom stereocenters. The van der Waals surface area contributed by atoms with Crippen molar-refractivity contribution in [1.29, 1.82) is 0 Å². The van der Waals surface area contributed by atoms with Crippen molar-refractivity contribution in [2.75, 3.05) is 6.26 Å². The smallest absolute Gasteiger partial charge is 0.144 e. The topological polar surface area (TPSA) is 18.5 Å². The minimum Gasteiger partial charge on any atom is -0.487 e. The first-order valence-electron chi connectivity index (χ1n) is 13.8. The molecule has 1 aromatic carbocycles. The van der Waals surface area contributed by atoms with Gasteiger partial charge in [-0.2, -0.15) is 0 Å². The molecule has 1 aliphatic heterocycles. The third-order valence-corrected chi connectivity index (χ3v) is 8.64. The highest BCUT2D eigenvalue weighted by Crippen LogP contribution is 2.45. The van der Waals surface area contributed by atoms with Crippen LogP contribution in [-0.4, -0.2) is 11.9 Å². The molecule has 4 heteroatoms. The third-order valence-electron chi connectivity index (χ3n) is 8.04. The number of rotatable bonds is 14. The quantitative estimate of drug-likeness (QED) is 0.249. The summed E-state index contributed by atoms with van der Waals surface area (Å²) in [6, 6.07) is 0. The Morgan fingerprint density at radius 1 is 0.882 bits per heavy atom. The Morgan fingerprint density at radius 3 is 2.00 bits per heavy atom. The molecule has 0 aliphatic carbocycles. The number of hydrogen-bond donors (Lipinski definition) is 0. The van der Waals surface area contributed by atoms with Gasteiger partial charge in [0.15, 0.2) is 0 Å². The second kappa shape index (κ2) is 13.6. The minimum absolute atomic E-state index is 0.0588. The fourth-order valence-electron chi connectivity index (χ4n) is 5.50. The summed E-state index contributed by atoms with van der Waals surface area (Å²) in [6.45, 7) is 18.4. The van der Waals surface area contributed by atoms with Gasteiger partial charge in [-0.05, 0) is 99.0 Å². The Hall–Kier alpha value is -0.610. The van der Waals surface area contributed by atoms with Gasteiger partial charge in [0.25, 0.3) is 0 Å². The van der Waals surface area contributed by atoms with E-state index in [0.717, 1.165) is 48.5 Å². The lowest BCUT2D eigenvalue weighted by Crippen LogP contribution is -2.37. The van der Waals surface area contributed by atoms with Crippen LogP contribution in [0.5, 0.6) is 11.5 Å². The van der Waals surface area contributed by atoms with Gasteiger partial charge in [-0.3, -0.25) is 0 Å². The Kier molecular flexibility index (Phi) is 11.9. The first-order chi connectivity index (χ1) is 15.9. The van der Waals surface area contributed by atoms with E-state index in [1.54, 1.807) is 0 Å². The lowest BCUT2D eigenvalue weighted by Gasteiger charge is -2.38. The molecule has 34 heavy (non-hydrogen) atoms. The van der Waals surface area contributed by atoms with Gasteiger partial charge < -0.3 is 8.92 Å². The van der Waals surface area contributed by atoms with Crippen LogP contribution in [0.1, 0.15) is 121 Å². The van der Waals surface area contributed by atoms with Gasteiger partial charge in [0.2, 0.25) is 0 Å². The summed E-state index contributed by atoms with van der Waals surface area (Å²) in [5.74, 6) is 4.63. The lowest BCUT2D eigenvalue weighted by atomic mass is 9.84. The number of benzene rings is 1. The van der Waals surface area contributed by atoms with Crippen molar-refractivity contribution in [3.8, 4) is 11.5 Å². The lowest BCUT2D eigenvalue weighted by molar-refractivity contribution is 0.0512. The molecule has 0 amide bonds. The van der Waals surface area contributed by atoms with Crippen molar-refractivity contribution in [3.05, 3.63) is 22.3 Å². The first kappa shape index (κ1) is 29.6. The Bertz CT molecular complexity index is 817. The largest absolute Gasteiger partial charge is 0.487 e. The van der Waals surface area contributed by atoms with E-state index in [2.05, 4.69) is 55.4 Å². The van der Waals surface area contributed by atoms with Crippen LogP contribution in [0.3, 0.4) is 0 Å². The van der Waals surface area contributed by atoms with Crippen molar-refractivity contribution in [2.24, 2.45) is 17.8 Å². The molecule has 2 rings (SSSR count). The summed E-state index contributed by atoms with van der Waals surface area (Å²) in [4.78, 5) is 0. The van der Waals surface area contributed by atoms with Crippen LogP contribution in [0.25, 0.3) is 0 Å². The van der Waals surface area contributed by atoms with Crippen LogP contribution < -0.4 is 8.92 Å². The molecule has 0 saturated heterocycles. The first-order valence-corrected chi connectivity index (χ1v) is 16.2. The van der Waals surface area contributed by atoms with Gasteiger partial charge in [-0.15, -0.1) is 0 Å². The van der Waals surface area contributed by atoms with Crippen LogP contribution in [0.15, 0.2) is 0 Å². The van der Waals surface area contributed by atoms with Crippen LogP contribution in [0.4, 0.5) is 0 Å². The Morgan fingerprint density at radius 2 is 1.44 bits per heavy atom. The van der Waals surface area contributed by atoms with Gasteiger partial charge in [-0.25, -0.2) is 0 Å². The molecule has 0 spiro atoms. The standard InChI is InChI=1S/C30H52O2S2/c1-21(2)13-10-14-22(3)15-11-16-23(4)17-12-19-30(8)20-18-27-26(7)28(32-34(9)33)24(5)25(6)29(27)31-30/h21-23H,10-20H2,1-9H3/t22-,23-,30-,34?/m1/s1. The molecular formula is C30H52O2S2. The van der Waals surface area contributed by atoms with Crippen LogP contribution in [-0.2, 0) is 27.3 Å². The minimum atomic E-state index is -0.487. The molecule has 2 nitrogen and oxygen atoms in total. The summed E-state index contributed by atoms with van der Waals surface area (Å²) in [7, 11) is -0.487. The van der Waals surface area contributed by atoms with Gasteiger partial charge in [0.05, 0.1) is 9.74 Å². The second-order valence-corrected chi connectivity index (χ2v) is 14.3. The molecule has 0 bridgehead atoms. The van der Waals surface area contributed by atoms with Crippen LogP contribution >= 0.6 is 0 Å². The zero-order valence-corrected chi connectivity index (χ0v) is 25.3. The van der Waals surface area contributed by atoms with E-state index in [0.29, 0.717) is 0 Å². The zero-order valence-electron chi connectivity index (χ0n) is 23.6. The van der Waals surface area contributed by atoms with Crippen LogP contribution in [0, 0.1) is 38.5 Å². The summed E-state index contributed by atoms with van der Waals surface area (Å²) in [5, 5.41) is 0. The highest BCUT2D eigenvalue weighted by atomic mass is 32.8. The molecule has 0 radical (unpaired) electrons. The van der Waals surface area contributed by atoms with Crippen molar-refractivity contribution >= 4 is 20.9 Å². The maximum absolute atomic E-state index is 6.74. The maximum Gasteiger partial charge on any atom is 0.144 e. The predicted octanol–water partition coefficient (Wildman–Crippen LogP) is 9.14. The maximum atomic E-state index is 6.74. The number of fused-ring (bicyclic) bond motifs is 1. The van der Waals surface area contributed by atoms with E-state index in [4.69, 9.17) is 20.1 Å². The van der Waals surface area contributed by atoms with Crippen molar-refractivity contribution in [3.63, 3.8) is 0 Å². The molecule has 0 saturated carbocycles. The zero-order chi connectivity index (χ0) is 25.5. The Balaban J connectivity index is 1.82. The second-order valence-electron chi connectivity index (χ2n) is 11.9. The van der Waals surface area contributed by atoms with Crippen molar-refractivity contribution in [2.45, 2.75) is 132 Å². The predicted molar refractivity (Wildman–Crippen MR) is 154 cm³/mol. The van der Waals surface area contributed by atoms with Gasteiger partial charge >= 0.3 is 0 Å². The van der Waals surface area contributed by atoms with E-state index in [1.165, 1.54) is 73.6 Å². The van der Waals surface area contributed by atoms with E-state index in [9.17, 15) is 0 Å². The Labute approximate surface area is 218 Å². The molecule has 0 aromatic heterocycles. The fraction of sp³-hybridized carbons (Fsp3) is 0.800. The van der Waals surface area contributed by atoms with Gasteiger partial charge in [-0.1, -0.05) is 72.6 Å². The van der Waals surface area contributed by atoms with E-state index in [1.807, 2.05) is 6.26 Å². The summed E-state index contributed by atoms with van der Waals surface area (Å²) in [6.07, 6.45) is 16.1. The molecule has 0 fully saturated rings. The van der Waals surface area contributed by atoms with Crippen molar-refractivity contribution < 1.29 is 8.92 Å². The number of ether oxygens (including phenoxy) is 1. The highest BCUT2D eigenvalue weighted by Gasteiger charge is 2.34. The monoisotopic (exact) mass is 508 g/mol. The SMILES string of the molecule is Cc1c(C)c2c(c(C)c1OS(C)=S)CC[C@@](C)(CCC[C@H](C)CCC[C@H](C)CCCC(C)C)O2. The molecule has 196 valence electrons. The molecule has 1 heterocycles. The fourth-order valence-corrected chi connectivity index (χ4v) is 6.19. The molecule has 1 aromatic rings. The van der Waals surface area contributed by atoms with Crippen molar-refractivity contribution in [1.82, 2.24) is 0 Å². The van der Waals surface area contributed by atoms with E-state index >= 15 is 0 Å². The summed E-state index contributed by atoms with van der Waals surface area (Å²) in [5.41, 5.74) is 4.88. The summed E-state index contributed by atoms with van der Waals surface area (Å²) < 4.78 is 12.8. The summed E-state index contributed by atoms with van der Waals surface area (Å²) >= 11 is 5.32. The molecule has 1 aliphatic rings. The average Bonchev–Trinajstić information content (AvgIpc) is 2.74. The van der Waals surface area contributed by atoms with Gasteiger partial charge in [0.1, 0.15) is 17.1 Å². The molecular weight excluding hydrogens is 456 g/mol. The van der Waals surface area contributed by atoms with E-state index in [-0.39, 0.29) is 5.60 Å². The van der Waals surface area contributed by atoms with Crippen LogP contribution in [0.2, 0.25) is 0 Å². The molecule has 0 N–H and O–H groups in total. The average molecular weight is 509 g/mol. The van der Waals surface area contributed by atoms with Gasteiger partial charge in [0, 0.05) is 11.8 Å². The van der Waals surface area contributed by atoms with E-state index < -0.39 is 9.74 Å². The normalized spacial score (nSPS) is 20.5. The molecule has 4 atom stereocenters. The third kappa shape index (κ3) is 8.80. The highest BCUT2D eigenvalue weighted by molar-refractivity contribution is 8.26.